The summed E-state index contributed by atoms with van der Waals surface area (Å²) in [6.45, 7) is 2.44. The number of nitrogens with one attached hydrogen (secondary N) is 1. The average molecular weight is 433 g/mol. The van der Waals surface area contributed by atoms with Crippen LogP contribution in [0.15, 0.2) is 39.8 Å². The predicted octanol–water partition coefficient (Wildman–Crippen LogP) is 1.46. The third kappa shape index (κ3) is 3.97. The molecule has 30 heavy (non-hydrogen) atoms. The number of hydrogen-bond donors (Lipinski definition) is 1. The number of amides is 1. The largest absolute Gasteiger partial charge is 0.448 e. The Kier molecular flexibility index (Phi) is 5.61. The minimum absolute atomic E-state index is 0.121. The zero-order valence-electron chi connectivity index (χ0n) is 16.7. The minimum atomic E-state index is -3.21. The lowest BCUT2D eigenvalue weighted by atomic mass is 10.1. The van der Waals surface area contributed by atoms with Gasteiger partial charge < -0.3 is 9.73 Å². The van der Waals surface area contributed by atoms with Gasteiger partial charge in [0.25, 0.3) is 5.56 Å². The summed E-state index contributed by atoms with van der Waals surface area (Å²) in [5, 5.41) is 3.65. The second-order valence-electron chi connectivity index (χ2n) is 7.51. The van der Waals surface area contributed by atoms with E-state index in [1.807, 2.05) is 25.1 Å². The summed E-state index contributed by atoms with van der Waals surface area (Å²) < 4.78 is 32.6. The first-order chi connectivity index (χ1) is 14.4. The summed E-state index contributed by atoms with van der Waals surface area (Å²) in [5.41, 5.74) is 0.768. The third-order valence-electron chi connectivity index (χ3n) is 5.34. The molecule has 1 amide bonds. The second-order valence-corrected chi connectivity index (χ2v) is 9.60. The molecule has 10 heteroatoms. The van der Waals surface area contributed by atoms with E-state index in [9.17, 15) is 18.0 Å². The van der Waals surface area contributed by atoms with Gasteiger partial charge in [0.05, 0.1) is 12.1 Å². The molecule has 1 aliphatic heterocycles. The Morgan fingerprint density at radius 2 is 2.00 bits per heavy atom. The molecule has 1 fully saturated rings. The number of para-hydroxylation sites is 1. The molecule has 0 atom stereocenters. The van der Waals surface area contributed by atoms with Crippen LogP contribution in [0.3, 0.4) is 0 Å². The Morgan fingerprint density at radius 3 is 2.73 bits per heavy atom. The van der Waals surface area contributed by atoms with Crippen LogP contribution in [0.5, 0.6) is 0 Å². The molecule has 4 rings (SSSR count). The third-order valence-corrected chi connectivity index (χ3v) is 7.42. The summed E-state index contributed by atoms with van der Waals surface area (Å²) in [6, 6.07) is 7.13. The average Bonchev–Trinajstić information content (AvgIpc) is 3.10. The van der Waals surface area contributed by atoms with Crippen molar-refractivity contribution in [2.75, 3.05) is 18.8 Å². The normalized spacial score (nSPS) is 16.3. The van der Waals surface area contributed by atoms with Crippen LogP contribution in [0.25, 0.3) is 22.1 Å². The molecule has 3 aromatic rings. The molecule has 0 unspecified atom stereocenters. The number of nitrogens with zero attached hydrogens (tertiary/aromatic N) is 3. The van der Waals surface area contributed by atoms with Crippen LogP contribution in [0.1, 0.15) is 26.2 Å². The first-order valence-corrected chi connectivity index (χ1v) is 11.6. The fourth-order valence-electron chi connectivity index (χ4n) is 3.82. The number of benzene rings is 1. The van der Waals surface area contributed by atoms with E-state index in [4.69, 9.17) is 4.42 Å². The van der Waals surface area contributed by atoms with Gasteiger partial charge in [-0.1, -0.05) is 19.1 Å². The summed E-state index contributed by atoms with van der Waals surface area (Å²) in [5.74, 6) is -0.172. The van der Waals surface area contributed by atoms with Crippen LogP contribution in [-0.2, 0) is 21.4 Å². The van der Waals surface area contributed by atoms with Gasteiger partial charge >= 0.3 is 0 Å². The van der Waals surface area contributed by atoms with Crippen LogP contribution < -0.4 is 10.9 Å². The molecular formula is C20H24N4O5S. The van der Waals surface area contributed by atoms with Gasteiger partial charge in [-0.15, -0.1) is 0 Å². The Bertz CT molecular complexity index is 1240. The Morgan fingerprint density at radius 1 is 1.27 bits per heavy atom. The lowest BCUT2D eigenvalue weighted by molar-refractivity contribution is -0.122. The van der Waals surface area contributed by atoms with Gasteiger partial charge in [-0.3, -0.25) is 14.2 Å². The van der Waals surface area contributed by atoms with Crippen molar-refractivity contribution in [1.82, 2.24) is 19.2 Å². The van der Waals surface area contributed by atoms with E-state index in [-0.39, 0.29) is 29.8 Å². The fraction of sp³-hybridized carbons (Fsp3) is 0.450. The number of sulfonamides is 1. The van der Waals surface area contributed by atoms with Gasteiger partial charge in [0.2, 0.25) is 21.5 Å². The van der Waals surface area contributed by atoms with E-state index in [0.717, 1.165) is 5.39 Å². The number of piperidine rings is 1. The minimum Gasteiger partial charge on any atom is -0.448 e. The topological polar surface area (TPSA) is 115 Å². The lowest BCUT2D eigenvalue weighted by Gasteiger charge is -2.31. The fourth-order valence-corrected chi connectivity index (χ4v) is 5.36. The molecule has 3 heterocycles. The van der Waals surface area contributed by atoms with Crippen LogP contribution in [0.4, 0.5) is 0 Å². The van der Waals surface area contributed by atoms with Crippen molar-refractivity contribution in [2.45, 2.75) is 38.8 Å². The highest BCUT2D eigenvalue weighted by Crippen LogP contribution is 2.24. The van der Waals surface area contributed by atoms with Gasteiger partial charge in [0.1, 0.15) is 17.6 Å². The molecular weight excluding hydrogens is 408 g/mol. The number of hydrogen-bond acceptors (Lipinski definition) is 6. The Labute approximate surface area is 173 Å². The van der Waals surface area contributed by atoms with Crippen LogP contribution in [0.2, 0.25) is 0 Å². The number of fused-ring (bicyclic) bond motifs is 3. The van der Waals surface area contributed by atoms with Gasteiger partial charge in [-0.05, 0) is 31.4 Å². The number of furan rings is 1. The van der Waals surface area contributed by atoms with Crippen molar-refractivity contribution in [3.05, 3.63) is 40.9 Å². The highest BCUT2D eigenvalue weighted by Gasteiger charge is 2.28. The van der Waals surface area contributed by atoms with Gasteiger partial charge in [0.15, 0.2) is 0 Å². The second kappa shape index (κ2) is 8.19. The molecule has 0 aliphatic carbocycles. The van der Waals surface area contributed by atoms with E-state index in [2.05, 4.69) is 10.3 Å². The summed E-state index contributed by atoms with van der Waals surface area (Å²) in [7, 11) is -3.21. The van der Waals surface area contributed by atoms with Crippen molar-refractivity contribution in [2.24, 2.45) is 0 Å². The molecule has 1 N–H and O–H groups in total. The summed E-state index contributed by atoms with van der Waals surface area (Å²) in [4.78, 5) is 29.5. The molecule has 0 radical (unpaired) electrons. The SMILES string of the molecule is CCCS(=O)(=O)N1CCC(NC(=O)Cn2cnc3c(oc4ccccc43)c2=O)CC1. The Balaban J connectivity index is 1.41. The predicted molar refractivity (Wildman–Crippen MR) is 113 cm³/mol. The summed E-state index contributed by atoms with van der Waals surface area (Å²) in [6.07, 6.45) is 3.03. The zero-order valence-corrected chi connectivity index (χ0v) is 17.5. The maximum atomic E-state index is 12.7. The van der Waals surface area contributed by atoms with E-state index >= 15 is 0 Å². The first kappa shape index (κ1) is 20.5. The quantitative estimate of drug-likeness (QED) is 0.631. The van der Waals surface area contributed by atoms with Crippen molar-refractivity contribution >= 4 is 38.0 Å². The molecule has 0 bridgehead atoms. The molecule has 0 spiro atoms. The number of carbonyl (C=O) groups excluding carboxylic acids is 1. The monoisotopic (exact) mass is 432 g/mol. The maximum absolute atomic E-state index is 12.7. The van der Waals surface area contributed by atoms with Gasteiger partial charge in [0, 0.05) is 24.5 Å². The standard InChI is InChI=1S/C20H24N4O5S/c1-2-11-30(27,28)24-9-7-14(8-10-24)22-17(25)12-23-13-21-18-15-5-3-4-6-16(15)29-19(18)20(23)26/h3-6,13-14H,2,7-12H2,1H3,(H,22,25). The van der Waals surface area contributed by atoms with Crippen molar-refractivity contribution in [3.63, 3.8) is 0 Å². The maximum Gasteiger partial charge on any atom is 0.297 e. The van der Waals surface area contributed by atoms with Crippen LogP contribution >= 0.6 is 0 Å². The van der Waals surface area contributed by atoms with Crippen molar-refractivity contribution in [1.29, 1.82) is 0 Å². The lowest BCUT2D eigenvalue weighted by Crippen LogP contribution is -2.48. The Hall–Kier alpha value is -2.72. The highest BCUT2D eigenvalue weighted by molar-refractivity contribution is 7.89. The van der Waals surface area contributed by atoms with E-state index in [1.54, 1.807) is 6.07 Å². The molecule has 0 saturated carbocycles. The molecule has 1 saturated heterocycles. The molecule has 9 nitrogen and oxygen atoms in total. The van der Waals surface area contributed by atoms with E-state index in [1.165, 1.54) is 15.2 Å². The van der Waals surface area contributed by atoms with Crippen molar-refractivity contribution in [3.8, 4) is 0 Å². The smallest absolute Gasteiger partial charge is 0.297 e. The summed E-state index contributed by atoms with van der Waals surface area (Å²) >= 11 is 0. The number of aromatic nitrogens is 2. The molecule has 160 valence electrons. The van der Waals surface area contributed by atoms with Crippen molar-refractivity contribution < 1.29 is 17.6 Å². The van der Waals surface area contributed by atoms with Crippen LogP contribution in [0, 0.1) is 0 Å². The van der Waals surface area contributed by atoms with Gasteiger partial charge in [-0.25, -0.2) is 17.7 Å². The van der Waals surface area contributed by atoms with E-state index < -0.39 is 15.6 Å². The highest BCUT2D eigenvalue weighted by atomic mass is 32.2. The molecule has 1 aliphatic rings. The molecule has 1 aromatic carbocycles. The van der Waals surface area contributed by atoms with E-state index in [0.29, 0.717) is 43.5 Å². The number of carbonyl (C=O) groups is 1. The first-order valence-electron chi connectivity index (χ1n) is 10.0. The zero-order chi connectivity index (χ0) is 21.3. The van der Waals surface area contributed by atoms with Crippen LogP contribution in [-0.4, -0.2) is 53.1 Å². The molecule has 2 aromatic heterocycles. The van der Waals surface area contributed by atoms with Gasteiger partial charge in [-0.2, -0.15) is 0 Å². The number of rotatable bonds is 6.